The van der Waals surface area contributed by atoms with Crippen molar-refractivity contribution in [2.45, 2.75) is 20.8 Å². The van der Waals surface area contributed by atoms with Crippen LogP contribution in [0.2, 0.25) is 0 Å². The number of rotatable bonds is 2. The van der Waals surface area contributed by atoms with Crippen LogP contribution in [-0.2, 0) is 4.79 Å². The molecule has 88 valence electrons. The first-order valence-corrected chi connectivity index (χ1v) is 5.24. The lowest BCUT2D eigenvalue weighted by molar-refractivity contribution is -0.132. The van der Waals surface area contributed by atoms with Gasteiger partial charge in [0, 0.05) is 30.6 Å². The van der Waals surface area contributed by atoms with Crippen LogP contribution in [0.15, 0.2) is 24.4 Å². The van der Waals surface area contributed by atoms with Gasteiger partial charge in [0.15, 0.2) is 0 Å². The van der Waals surface area contributed by atoms with E-state index in [-0.39, 0.29) is 5.88 Å². The number of aromatic nitrogens is 3. The number of carbonyl (C=O) groups is 1. The van der Waals surface area contributed by atoms with Crippen LogP contribution in [0.1, 0.15) is 18.3 Å². The van der Waals surface area contributed by atoms with Crippen LogP contribution in [-0.4, -0.2) is 20.5 Å². The molecule has 0 fully saturated rings. The highest BCUT2D eigenvalue weighted by atomic mass is 16.5. The number of esters is 1. The Bertz CT molecular complexity index is 541. The SMILES string of the molecule is CC(=O)Oc1ccnc(-n2c(C)ccc2C)n1. The van der Waals surface area contributed by atoms with E-state index in [2.05, 4.69) is 9.97 Å². The predicted molar refractivity (Wildman–Crippen MR) is 62.1 cm³/mol. The Morgan fingerprint density at radius 3 is 2.47 bits per heavy atom. The largest absolute Gasteiger partial charge is 0.407 e. The lowest BCUT2D eigenvalue weighted by atomic mass is 10.5. The van der Waals surface area contributed by atoms with Gasteiger partial charge in [-0.1, -0.05) is 0 Å². The molecule has 0 aliphatic rings. The highest BCUT2D eigenvalue weighted by Gasteiger charge is 2.08. The smallest absolute Gasteiger partial charge is 0.309 e. The Morgan fingerprint density at radius 2 is 1.88 bits per heavy atom. The minimum absolute atomic E-state index is 0.259. The van der Waals surface area contributed by atoms with Crippen LogP contribution < -0.4 is 4.74 Å². The fourth-order valence-corrected chi connectivity index (χ4v) is 1.63. The molecule has 2 rings (SSSR count). The predicted octanol–water partition coefficient (Wildman–Crippen LogP) is 1.81. The maximum Gasteiger partial charge on any atom is 0.309 e. The molecule has 0 saturated heterocycles. The normalized spacial score (nSPS) is 10.3. The summed E-state index contributed by atoms with van der Waals surface area (Å²) in [4.78, 5) is 19.2. The van der Waals surface area contributed by atoms with Crippen LogP contribution in [0, 0.1) is 13.8 Å². The molecular weight excluding hydrogens is 218 g/mol. The van der Waals surface area contributed by atoms with Gasteiger partial charge in [-0.05, 0) is 26.0 Å². The van der Waals surface area contributed by atoms with Crippen LogP contribution in [0.3, 0.4) is 0 Å². The molecule has 0 aliphatic carbocycles. The average Bonchev–Trinajstić information content (AvgIpc) is 2.58. The topological polar surface area (TPSA) is 57.0 Å². The average molecular weight is 231 g/mol. The second-order valence-corrected chi connectivity index (χ2v) is 3.74. The highest BCUT2D eigenvalue weighted by molar-refractivity contribution is 5.68. The standard InChI is InChI=1S/C12H13N3O2/c1-8-4-5-9(2)15(8)12-13-7-6-11(14-12)17-10(3)16/h4-7H,1-3H3. The molecule has 0 unspecified atom stereocenters. The van der Waals surface area contributed by atoms with Gasteiger partial charge in [-0.3, -0.25) is 9.36 Å². The van der Waals surface area contributed by atoms with Crippen molar-refractivity contribution in [1.29, 1.82) is 0 Å². The zero-order valence-electron chi connectivity index (χ0n) is 9.97. The van der Waals surface area contributed by atoms with E-state index in [0.29, 0.717) is 5.95 Å². The first-order chi connectivity index (χ1) is 8.08. The van der Waals surface area contributed by atoms with Crippen LogP contribution >= 0.6 is 0 Å². The van der Waals surface area contributed by atoms with Crippen molar-refractivity contribution in [2.24, 2.45) is 0 Å². The number of ether oxygens (including phenoxy) is 1. The molecule has 17 heavy (non-hydrogen) atoms. The molecule has 0 N–H and O–H groups in total. The van der Waals surface area contributed by atoms with E-state index in [1.807, 2.05) is 30.5 Å². The summed E-state index contributed by atoms with van der Waals surface area (Å²) in [5.74, 6) is 0.370. The Labute approximate surface area is 99.1 Å². The van der Waals surface area contributed by atoms with Gasteiger partial charge < -0.3 is 4.74 Å². The summed E-state index contributed by atoms with van der Waals surface area (Å²) in [7, 11) is 0. The van der Waals surface area contributed by atoms with E-state index in [0.717, 1.165) is 11.4 Å². The minimum atomic E-state index is -0.393. The number of aryl methyl sites for hydroxylation is 2. The zero-order chi connectivity index (χ0) is 12.4. The Morgan fingerprint density at radius 1 is 1.24 bits per heavy atom. The van der Waals surface area contributed by atoms with E-state index >= 15 is 0 Å². The summed E-state index contributed by atoms with van der Waals surface area (Å²) >= 11 is 0. The monoisotopic (exact) mass is 231 g/mol. The molecule has 0 radical (unpaired) electrons. The quantitative estimate of drug-likeness (QED) is 0.739. The van der Waals surface area contributed by atoms with E-state index in [4.69, 9.17) is 4.74 Å². The molecule has 5 heteroatoms. The fraction of sp³-hybridized carbons (Fsp3) is 0.250. The summed E-state index contributed by atoms with van der Waals surface area (Å²) < 4.78 is 6.83. The van der Waals surface area contributed by atoms with Gasteiger partial charge in [-0.25, -0.2) is 4.98 Å². The van der Waals surface area contributed by atoms with E-state index in [1.165, 1.54) is 6.92 Å². The Kier molecular flexibility index (Phi) is 2.91. The van der Waals surface area contributed by atoms with Crippen LogP contribution in [0.4, 0.5) is 0 Å². The molecule has 2 aromatic heterocycles. The fourth-order valence-electron chi connectivity index (χ4n) is 1.63. The molecule has 0 aromatic carbocycles. The molecule has 0 aliphatic heterocycles. The highest BCUT2D eigenvalue weighted by Crippen LogP contribution is 2.14. The van der Waals surface area contributed by atoms with Crippen molar-refractivity contribution in [1.82, 2.24) is 14.5 Å². The van der Waals surface area contributed by atoms with Crippen molar-refractivity contribution in [2.75, 3.05) is 0 Å². The summed E-state index contributed by atoms with van der Waals surface area (Å²) in [5, 5.41) is 0. The number of carbonyl (C=O) groups excluding carboxylic acids is 1. The molecule has 2 aromatic rings. The molecule has 0 amide bonds. The molecule has 0 spiro atoms. The molecule has 0 bridgehead atoms. The first kappa shape index (κ1) is 11.3. The van der Waals surface area contributed by atoms with Crippen molar-refractivity contribution in [3.8, 4) is 11.8 Å². The van der Waals surface area contributed by atoms with Crippen molar-refractivity contribution < 1.29 is 9.53 Å². The summed E-state index contributed by atoms with van der Waals surface area (Å²) in [6, 6.07) is 5.52. The van der Waals surface area contributed by atoms with Crippen LogP contribution in [0.5, 0.6) is 5.88 Å². The third-order valence-corrected chi connectivity index (χ3v) is 2.34. The Balaban J connectivity index is 2.43. The van der Waals surface area contributed by atoms with Crippen LogP contribution in [0.25, 0.3) is 5.95 Å². The summed E-state index contributed by atoms with van der Waals surface area (Å²) in [5.41, 5.74) is 2.06. The van der Waals surface area contributed by atoms with Gasteiger partial charge in [-0.15, -0.1) is 0 Å². The summed E-state index contributed by atoms with van der Waals surface area (Å²) in [6.07, 6.45) is 1.57. The molecule has 5 nitrogen and oxygen atoms in total. The second kappa shape index (κ2) is 4.37. The lowest BCUT2D eigenvalue weighted by Crippen LogP contribution is -2.08. The number of nitrogens with zero attached hydrogens (tertiary/aromatic N) is 3. The minimum Gasteiger partial charge on any atom is -0.407 e. The number of hydrogen-bond acceptors (Lipinski definition) is 4. The van der Waals surface area contributed by atoms with Gasteiger partial charge in [0.25, 0.3) is 0 Å². The molecule has 0 saturated carbocycles. The lowest BCUT2D eigenvalue weighted by Gasteiger charge is -2.08. The van der Waals surface area contributed by atoms with Gasteiger partial charge in [0.05, 0.1) is 0 Å². The van der Waals surface area contributed by atoms with Gasteiger partial charge in [-0.2, -0.15) is 4.98 Å². The third kappa shape index (κ3) is 2.33. The molecule has 2 heterocycles. The Hall–Kier alpha value is -2.17. The summed E-state index contributed by atoms with van der Waals surface area (Å²) in [6.45, 7) is 5.28. The third-order valence-electron chi connectivity index (χ3n) is 2.34. The van der Waals surface area contributed by atoms with Gasteiger partial charge >= 0.3 is 5.97 Å². The van der Waals surface area contributed by atoms with E-state index in [1.54, 1.807) is 12.3 Å². The van der Waals surface area contributed by atoms with Crippen molar-refractivity contribution >= 4 is 5.97 Å². The van der Waals surface area contributed by atoms with E-state index < -0.39 is 5.97 Å². The molecule has 0 atom stereocenters. The van der Waals surface area contributed by atoms with E-state index in [9.17, 15) is 4.79 Å². The maximum absolute atomic E-state index is 10.9. The first-order valence-electron chi connectivity index (χ1n) is 5.24. The van der Waals surface area contributed by atoms with Gasteiger partial charge in [0.1, 0.15) is 0 Å². The number of hydrogen-bond donors (Lipinski definition) is 0. The van der Waals surface area contributed by atoms with Crippen molar-refractivity contribution in [3.63, 3.8) is 0 Å². The molecular formula is C12H13N3O2. The second-order valence-electron chi connectivity index (χ2n) is 3.74. The zero-order valence-corrected chi connectivity index (χ0v) is 9.97. The van der Waals surface area contributed by atoms with Crippen molar-refractivity contribution in [3.05, 3.63) is 35.8 Å². The van der Waals surface area contributed by atoms with Gasteiger partial charge in [0.2, 0.25) is 11.8 Å². The maximum atomic E-state index is 10.9.